The summed E-state index contributed by atoms with van der Waals surface area (Å²) in [5.74, 6) is 0.589. The van der Waals surface area contributed by atoms with Crippen LogP contribution in [0.5, 0.6) is 5.75 Å². The molecule has 0 saturated carbocycles. The molecule has 0 aliphatic heterocycles. The molecule has 0 aliphatic carbocycles. The summed E-state index contributed by atoms with van der Waals surface area (Å²) >= 11 is 5.66. The van der Waals surface area contributed by atoms with E-state index in [0.717, 1.165) is 24.6 Å². The first-order valence-corrected chi connectivity index (χ1v) is 13.4. The summed E-state index contributed by atoms with van der Waals surface area (Å²) in [5.41, 5.74) is 0.539. The molecule has 194 valence electrons. The molecule has 2 nitrogen and oxygen atoms in total. The van der Waals surface area contributed by atoms with Gasteiger partial charge >= 0.3 is 6.18 Å². The summed E-state index contributed by atoms with van der Waals surface area (Å²) in [6.07, 6.45) is 13.3. The lowest BCUT2D eigenvalue weighted by atomic mass is 10.1. The van der Waals surface area contributed by atoms with Gasteiger partial charge < -0.3 is 4.74 Å². The number of nitrogens with zero attached hydrogens (tertiary/aromatic N) is 1. The van der Waals surface area contributed by atoms with E-state index in [2.05, 4.69) is 11.9 Å². The fourth-order valence-electron chi connectivity index (χ4n) is 3.91. The SMILES string of the molecule is CCCCCCCCCCCCCCN=Cc1ccc(OCc2ccc(Cl)c(C(F)(F)F)c2)cc1. The maximum absolute atomic E-state index is 13.0. The summed E-state index contributed by atoms with van der Waals surface area (Å²) in [5, 5.41) is -0.312. The zero-order valence-corrected chi connectivity index (χ0v) is 21.6. The number of halogens is 4. The summed E-state index contributed by atoms with van der Waals surface area (Å²) in [6.45, 7) is 3.12. The van der Waals surface area contributed by atoms with E-state index in [1.807, 2.05) is 18.3 Å². The largest absolute Gasteiger partial charge is 0.489 e. The van der Waals surface area contributed by atoms with Gasteiger partial charge in [-0.1, -0.05) is 95.2 Å². The van der Waals surface area contributed by atoms with E-state index in [9.17, 15) is 13.2 Å². The molecular formula is C29H39ClF3NO. The Morgan fingerprint density at radius 2 is 1.37 bits per heavy atom. The molecule has 6 heteroatoms. The molecule has 35 heavy (non-hydrogen) atoms. The fourth-order valence-corrected chi connectivity index (χ4v) is 4.13. The van der Waals surface area contributed by atoms with Crippen LogP contribution in [0.15, 0.2) is 47.5 Å². The number of unbranched alkanes of at least 4 members (excludes halogenated alkanes) is 11. The molecule has 2 aromatic rings. The van der Waals surface area contributed by atoms with Gasteiger partial charge in [-0.2, -0.15) is 13.2 Å². The Bertz CT molecular complexity index is 865. The highest BCUT2D eigenvalue weighted by Gasteiger charge is 2.33. The highest BCUT2D eigenvalue weighted by Crippen LogP contribution is 2.35. The molecule has 0 fully saturated rings. The summed E-state index contributed by atoms with van der Waals surface area (Å²) in [4.78, 5) is 4.50. The van der Waals surface area contributed by atoms with Gasteiger partial charge in [-0.05, 0) is 53.9 Å². The van der Waals surface area contributed by atoms with Crippen LogP contribution >= 0.6 is 11.6 Å². The number of benzene rings is 2. The van der Waals surface area contributed by atoms with Gasteiger partial charge in [0, 0.05) is 12.8 Å². The quantitative estimate of drug-likeness (QED) is 0.153. The standard InChI is InChI=1S/C29H39ClF3NO/c1-2-3-4-5-6-7-8-9-10-11-12-13-20-34-22-24-14-17-26(18-15-24)35-23-25-16-19-28(30)27(21-25)29(31,32)33/h14-19,21-22H,2-13,20,23H2,1H3. The molecule has 2 rings (SSSR count). The first-order chi connectivity index (χ1) is 16.9. The molecule has 2 aromatic carbocycles. The zero-order valence-electron chi connectivity index (χ0n) is 20.9. The van der Waals surface area contributed by atoms with Crippen LogP contribution in [0.25, 0.3) is 0 Å². The molecule has 0 bridgehead atoms. The van der Waals surface area contributed by atoms with Gasteiger partial charge in [-0.25, -0.2) is 0 Å². The minimum absolute atomic E-state index is 0.0344. The fraction of sp³-hybridized carbons (Fsp3) is 0.552. The Balaban J connectivity index is 1.57. The number of alkyl halides is 3. The van der Waals surface area contributed by atoms with Crippen LogP contribution in [-0.2, 0) is 12.8 Å². The Kier molecular flexibility index (Phi) is 13.9. The zero-order chi connectivity index (χ0) is 25.4. The van der Waals surface area contributed by atoms with E-state index in [1.54, 1.807) is 12.1 Å². The van der Waals surface area contributed by atoms with E-state index in [1.165, 1.54) is 82.8 Å². The van der Waals surface area contributed by atoms with Crippen molar-refractivity contribution in [3.05, 3.63) is 64.2 Å². The minimum Gasteiger partial charge on any atom is -0.489 e. The van der Waals surface area contributed by atoms with Crippen molar-refractivity contribution in [3.63, 3.8) is 0 Å². The Morgan fingerprint density at radius 1 is 0.800 bits per heavy atom. The number of hydrogen-bond donors (Lipinski definition) is 0. The Labute approximate surface area is 214 Å². The monoisotopic (exact) mass is 509 g/mol. The van der Waals surface area contributed by atoms with Crippen molar-refractivity contribution in [1.82, 2.24) is 0 Å². The van der Waals surface area contributed by atoms with Crippen LogP contribution < -0.4 is 4.74 Å². The van der Waals surface area contributed by atoms with Gasteiger partial charge in [0.05, 0.1) is 10.6 Å². The van der Waals surface area contributed by atoms with E-state index in [-0.39, 0.29) is 11.6 Å². The van der Waals surface area contributed by atoms with E-state index >= 15 is 0 Å². The third-order valence-corrected chi connectivity index (χ3v) is 6.33. The van der Waals surface area contributed by atoms with Crippen LogP contribution in [-0.4, -0.2) is 12.8 Å². The second-order valence-electron chi connectivity index (χ2n) is 9.09. The third-order valence-electron chi connectivity index (χ3n) is 6.00. The predicted molar refractivity (Wildman–Crippen MR) is 141 cm³/mol. The van der Waals surface area contributed by atoms with Crippen LogP contribution in [0.4, 0.5) is 13.2 Å². The van der Waals surface area contributed by atoms with Gasteiger partial charge in [0.1, 0.15) is 12.4 Å². The van der Waals surface area contributed by atoms with Crippen LogP contribution in [0.2, 0.25) is 5.02 Å². The molecule has 0 radical (unpaired) electrons. The van der Waals surface area contributed by atoms with Crippen molar-refractivity contribution in [2.45, 2.75) is 96.8 Å². The predicted octanol–water partition coefficient (Wildman–Crippen LogP) is 10.1. The lowest BCUT2D eigenvalue weighted by Gasteiger charge is -2.12. The van der Waals surface area contributed by atoms with Crippen molar-refractivity contribution in [1.29, 1.82) is 0 Å². The van der Waals surface area contributed by atoms with Crippen LogP contribution in [0.3, 0.4) is 0 Å². The van der Waals surface area contributed by atoms with Gasteiger partial charge in [0.15, 0.2) is 0 Å². The highest BCUT2D eigenvalue weighted by molar-refractivity contribution is 6.31. The minimum atomic E-state index is -4.48. The normalized spacial score (nSPS) is 11.9. The van der Waals surface area contributed by atoms with Crippen molar-refractivity contribution in [2.24, 2.45) is 4.99 Å². The summed E-state index contributed by atoms with van der Waals surface area (Å²) in [6, 6.07) is 11.2. The summed E-state index contributed by atoms with van der Waals surface area (Å²) < 4.78 is 44.6. The third kappa shape index (κ3) is 12.5. The van der Waals surface area contributed by atoms with E-state index < -0.39 is 11.7 Å². The van der Waals surface area contributed by atoms with Crippen molar-refractivity contribution in [2.75, 3.05) is 6.54 Å². The second-order valence-corrected chi connectivity index (χ2v) is 9.50. The first-order valence-electron chi connectivity index (χ1n) is 13.0. The average molecular weight is 510 g/mol. The lowest BCUT2D eigenvalue weighted by Crippen LogP contribution is -2.07. The molecule has 0 aliphatic rings. The molecular weight excluding hydrogens is 471 g/mol. The van der Waals surface area contributed by atoms with E-state index in [4.69, 9.17) is 16.3 Å². The van der Waals surface area contributed by atoms with Crippen LogP contribution in [0.1, 0.15) is 101 Å². The Hall–Kier alpha value is -2.01. The second kappa shape index (κ2) is 16.6. The molecule has 0 amide bonds. The Morgan fingerprint density at radius 3 is 1.94 bits per heavy atom. The maximum atomic E-state index is 13.0. The number of ether oxygens (including phenoxy) is 1. The molecule has 0 saturated heterocycles. The molecule has 0 unspecified atom stereocenters. The molecule has 0 spiro atoms. The molecule has 0 heterocycles. The van der Waals surface area contributed by atoms with Gasteiger partial charge in [-0.15, -0.1) is 0 Å². The van der Waals surface area contributed by atoms with Gasteiger partial charge in [0.2, 0.25) is 0 Å². The summed E-state index contributed by atoms with van der Waals surface area (Å²) in [7, 11) is 0. The average Bonchev–Trinajstić information content (AvgIpc) is 2.84. The first kappa shape index (κ1) is 29.2. The maximum Gasteiger partial charge on any atom is 0.417 e. The number of rotatable bonds is 17. The number of aliphatic imine (C=N–C) groups is 1. The molecule has 0 atom stereocenters. The van der Waals surface area contributed by atoms with Crippen molar-refractivity contribution >= 4 is 17.8 Å². The van der Waals surface area contributed by atoms with Crippen LogP contribution in [0, 0.1) is 0 Å². The highest BCUT2D eigenvalue weighted by atomic mass is 35.5. The number of hydrogen-bond acceptors (Lipinski definition) is 2. The van der Waals surface area contributed by atoms with Crippen molar-refractivity contribution in [3.8, 4) is 5.75 Å². The topological polar surface area (TPSA) is 21.6 Å². The lowest BCUT2D eigenvalue weighted by molar-refractivity contribution is -0.137. The van der Waals surface area contributed by atoms with E-state index in [0.29, 0.717) is 11.3 Å². The smallest absolute Gasteiger partial charge is 0.417 e. The molecule has 0 aromatic heterocycles. The van der Waals surface area contributed by atoms with Gasteiger partial charge in [0.25, 0.3) is 0 Å². The van der Waals surface area contributed by atoms with Crippen molar-refractivity contribution < 1.29 is 17.9 Å². The van der Waals surface area contributed by atoms with Gasteiger partial charge in [-0.3, -0.25) is 4.99 Å². The molecule has 0 N–H and O–H groups in total.